The Morgan fingerprint density at radius 2 is 1.76 bits per heavy atom. The molecule has 4 N–H and O–H groups in total. The number of phenols is 2. The molecule has 0 spiro atoms. The first-order chi connectivity index (χ1) is 16.4. The summed E-state index contributed by atoms with van der Waals surface area (Å²) in [6, 6.07) is 12.2. The molecule has 0 amide bonds. The van der Waals surface area contributed by atoms with Gasteiger partial charge >= 0.3 is 11.6 Å². The summed E-state index contributed by atoms with van der Waals surface area (Å²) in [6.07, 6.45) is 1.53. The van der Waals surface area contributed by atoms with Gasteiger partial charge in [0, 0.05) is 0 Å². The lowest BCUT2D eigenvalue weighted by Crippen LogP contribution is -2.37. The van der Waals surface area contributed by atoms with Crippen molar-refractivity contribution in [1.29, 1.82) is 0 Å². The van der Waals surface area contributed by atoms with Gasteiger partial charge in [0.05, 0.1) is 12.5 Å². The average molecular weight is 461 g/mol. The summed E-state index contributed by atoms with van der Waals surface area (Å²) in [7, 11) is 0. The molecule has 1 atom stereocenters. The lowest BCUT2D eigenvalue weighted by molar-refractivity contribution is -0.136. The molecule has 3 heterocycles. The molecule has 34 heavy (non-hydrogen) atoms. The van der Waals surface area contributed by atoms with E-state index >= 15 is 0 Å². The molecule has 5 rings (SSSR count). The summed E-state index contributed by atoms with van der Waals surface area (Å²) < 4.78 is 17.9. The van der Waals surface area contributed by atoms with Gasteiger partial charge < -0.3 is 29.5 Å². The number of oxazole rings is 2. The fraction of sp³-hybridized carbons (Fsp3) is 0.125. The first kappa shape index (κ1) is 21.1. The number of phenolic OH excluding ortho intramolecular Hbond substituents is 2. The number of anilines is 1. The predicted octanol–water partition coefficient (Wildman–Crippen LogP) is 1.10. The van der Waals surface area contributed by atoms with Crippen LogP contribution in [0.4, 0.5) is 6.01 Å². The molecule has 0 unspecified atom stereocenters. The second-order valence-electron chi connectivity index (χ2n) is 7.55. The van der Waals surface area contributed by atoms with Gasteiger partial charge in [-0.2, -0.15) is 4.98 Å². The number of hydrogen-bond acceptors (Lipinski definition) is 9. The number of benzene rings is 2. The maximum absolute atomic E-state index is 13.1. The second-order valence-corrected chi connectivity index (χ2v) is 7.55. The fourth-order valence-corrected chi connectivity index (χ4v) is 3.97. The monoisotopic (exact) mass is 461 g/mol. The number of carbonyl (C=O) groups excluding carboxylic acids is 1. The van der Waals surface area contributed by atoms with Crippen LogP contribution in [0.25, 0.3) is 17.5 Å². The van der Waals surface area contributed by atoms with Gasteiger partial charge in [-0.3, -0.25) is 0 Å². The van der Waals surface area contributed by atoms with Crippen LogP contribution in [0.5, 0.6) is 11.5 Å². The largest absolute Gasteiger partial charge is 0.508 e. The summed E-state index contributed by atoms with van der Waals surface area (Å²) in [5.74, 6) is -1.30. The molecule has 0 aliphatic carbocycles. The highest BCUT2D eigenvalue weighted by Crippen LogP contribution is 2.39. The molecule has 0 saturated heterocycles. The van der Waals surface area contributed by atoms with E-state index in [4.69, 9.17) is 19.3 Å². The number of aromatic nitrogens is 2. The molecule has 172 valence electrons. The number of hydrogen-bond donors (Lipinski definition) is 3. The Morgan fingerprint density at radius 1 is 1.12 bits per heavy atom. The quantitative estimate of drug-likeness (QED) is 0.379. The van der Waals surface area contributed by atoms with Gasteiger partial charge in [0.2, 0.25) is 11.4 Å². The van der Waals surface area contributed by atoms with Gasteiger partial charge in [0.25, 0.3) is 6.01 Å². The zero-order chi connectivity index (χ0) is 24.0. The Bertz CT molecular complexity index is 1580. The van der Waals surface area contributed by atoms with Crippen LogP contribution in [0.1, 0.15) is 29.7 Å². The van der Waals surface area contributed by atoms with E-state index in [2.05, 4.69) is 4.98 Å². The van der Waals surface area contributed by atoms with Gasteiger partial charge in [0.1, 0.15) is 28.1 Å². The van der Waals surface area contributed by atoms with Crippen LogP contribution in [0.15, 0.2) is 62.2 Å². The molecule has 0 bridgehead atoms. The third-order valence-corrected chi connectivity index (χ3v) is 5.41. The Balaban J connectivity index is 1.88. The molecule has 0 fully saturated rings. The lowest BCUT2D eigenvalue weighted by atomic mass is 9.87. The van der Waals surface area contributed by atoms with Crippen LogP contribution in [-0.4, -0.2) is 32.3 Å². The van der Waals surface area contributed by atoms with Crippen LogP contribution in [-0.2, 0) is 9.53 Å². The molecular weight excluding hydrogens is 442 g/mol. The first-order valence-corrected chi connectivity index (χ1v) is 10.4. The van der Waals surface area contributed by atoms with Crippen LogP contribution in [0.3, 0.4) is 0 Å². The normalized spacial score (nSPS) is 15.1. The van der Waals surface area contributed by atoms with Crippen molar-refractivity contribution in [2.45, 2.75) is 12.8 Å². The maximum atomic E-state index is 13.1. The average Bonchev–Trinajstić information content (AvgIpc) is 3.34. The molecule has 4 aromatic rings. The zero-order valence-electron chi connectivity index (χ0n) is 17.9. The van der Waals surface area contributed by atoms with Crippen molar-refractivity contribution in [1.82, 2.24) is 9.55 Å². The van der Waals surface area contributed by atoms with Crippen LogP contribution >= 0.6 is 0 Å². The van der Waals surface area contributed by atoms with E-state index in [9.17, 15) is 19.8 Å². The van der Waals surface area contributed by atoms with Crippen molar-refractivity contribution in [2.75, 3.05) is 12.3 Å². The highest BCUT2D eigenvalue weighted by Gasteiger charge is 2.39. The summed E-state index contributed by atoms with van der Waals surface area (Å²) in [5, 5.41) is 19.3. The Labute approximate surface area is 191 Å². The minimum atomic E-state index is -0.831. The number of nitrogen functional groups attached to an aromatic ring is 1. The van der Waals surface area contributed by atoms with E-state index in [1.807, 2.05) is 0 Å². The number of fused-ring (bicyclic) bond motifs is 3. The molecule has 0 radical (unpaired) electrons. The SMILES string of the molecule is CCOC(=O)C1=c2oc(=O)/c(=C\c3ccc(O)cc3)n2-c2oc(N)nc2[C@@H]1c1ccc(O)cc1. The van der Waals surface area contributed by atoms with Crippen LogP contribution in [0, 0.1) is 0 Å². The molecule has 1 aliphatic rings. The van der Waals surface area contributed by atoms with Gasteiger partial charge in [-0.15, -0.1) is 0 Å². The second kappa shape index (κ2) is 8.00. The number of aromatic hydroxyl groups is 2. The van der Waals surface area contributed by atoms with E-state index < -0.39 is 17.5 Å². The summed E-state index contributed by atoms with van der Waals surface area (Å²) in [5.41, 5.74) is 6.58. The van der Waals surface area contributed by atoms with E-state index in [0.29, 0.717) is 11.1 Å². The lowest BCUT2D eigenvalue weighted by Gasteiger charge is -2.21. The molecule has 2 aromatic carbocycles. The topological polar surface area (TPSA) is 154 Å². The van der Waals surface area contributed by atoms with Gasteiger partial charge in [-0.1, -0.05) is 24.3 Å². The molecule has 10 nitrogen and oxygen atoms in total. The first-order valence-electron chi connectivity index (χ1n) is 10.4. The number of nitrogens with two attached hydrogens (primary N) is 1. The van der Waals surface area contributed by atoms with Crippen molar-refractivity contribution in [3.8, 4) is 17.4 Å². The van der Waals surface area contributed by atoms with Gasteiger partial charge in [-0.25, -0.2) is 14.2 Å². The smallest absolute Gasteiger partial charge is 0.362 e. The number of nitrogens with zero attached hydrogens (tertiary/aromatic N) is 2. The third kappa shape index (κ3) is 3.41. The Morgan fingerprint density at radius 3 is 2.41 bits per heavy atom. The van der Waals surface area contributed by atoms with Crippen LogP contribution < -0.4 is 22.3 Å². The maximum Gasteiger partial charge on any atom is 0.362 e. The fourth-order valence-electron chi connectivity index (χ4n) is 3.97. The minimum absolute atomic E-state index is 0.0378. The minimum Gasteiger partial charge on any atom is -0.508 e. The zero-order valence-corrected chi connectivity index (χ0v) is 17.9. The Kier molecular flexibility index (Phi) is 4.97. The third-order valence-electron chi connectivity index (χ3n) is 5.41. The van der Waals surface area contributed by atoms with E-state index in [-0.39, 0.29) is 52.2 Å². The summed E-state index contributed by atoms with van der Waals surface area (Å²) in [4.78, 5) is 30.4. The van der Waals surface area contributed by atoms with E-state index in [1.54, 1.807) is 31.2 Å². The molecular formula is C24H19N3O7. The van der Waals surface area contributed by atoms with Gasteiger partial charge in [-0.05, 0) is 48.4 Å². The Hall–Kier alpha value is -4.73. The van der Waals surface area contributed by atoms with Gasteiger partial charge in [0.15, 0.2) is 0 Å². The standard InChI is InChI=1S/C24H19N3O7/c1-2-32-23(31)18-17(13-5-9-15(29)10-6-13)19-21(34-24(25)26-19)27-16(22(30)33-20(18)27)11-12-3-7-14(28)8-4-12/h3-11,17,28-29H,2H2,1H3,(H2,25,26)/b16-11+/t17-/m1/s1. The van der Waals surface area contributed by atoms with Crippen molar-refractivity contribution >= 4 is 23.6 Å². The van der Waals surface area contributed by atoms with Crippen molar-refractivity contribution in [3.05, 3.63) is 86.7 Å². The van der Waals surface area contributed by atoms with Crippen molar-refractivity contribution in [2.24, 2.45) is 0 Å². The molecule has 1 aliphatic heterocycles. The number of ether oxygens (including phenoxy) is 1. The van der Waals surface area contributed by atoms with Crippen molar-refractivity contribution in [3.63, 3.8) is 0 Å². The van der Waals surface area contributed by atoms with E-state index in [1.165, 1.54) is 34.9 Å². The summed E-state index contributed by atoms with van der Waals surface area (Å²) in [6.45, 7) is 1.76. The highest BCUT2D eigenvalue weighted by atomic mass is 16.5. The molecule has 0 saturated carbocycles. The number of esters is 1. The predicted molar refractivity (Wildman–Crippen MR) is 120 cm³/mol. The number of rotatable bonds is 4. The molecule has 10 heteroatoms. The van der Waals surface area contributed by atoms with Crippen LogP contribution in [0.2, 0.25) is 0 Å². The highest BCUT2D eigenvalue weighted by molar-refractivity contribution is 6.12. The van der Waals surface area contributed by atoms with E-state index in [0.717, 1.165) is 0 Å². The molecule has 2 aromatic heterocycles. The number of carbonyl (C=O) groups is 1. The van der Waals surface area contributed by atoms with Crippen molar-refractivity contribution < 1.29 is 28.6 Å². The summed E-state index contributed by atoms with van der Waals surface area (Å²) >= 11 is 0.